The first-order valence-corrected chi connectivity index (χ1v) is 19.0. The minimum atomic E-state index is -0.752. The Labute approximate surface area is 298 Å². The van der Waals surface area contributed by atoms with Crippen LogP contribution >= 0.6 is 27.7 Å². The van der Waals surface area contributed by atoms with E-state index in [1.54, 1.807) is 38.6 Å². The van der Waals surface area contributed by atoms with Crippen LogP contribution in [0.5, 0.6) is 0 Å². The second-order valence-corrected chi connectivity index (χ2v) is 15.6. The van der Waals surface area contributed by atoms with Crippen LogP contribution in [0, 0.1) is 11.8 Å². The van der Waals surface area contributed by atoms with Gasteiger partial charge in [0.05, 0.1) is 16.6 Å². The van der Waals surface area contributed by atoms with Crippen molar-refractivity contribution in [1.29, 1.82) is 0 Å². The molecule has 2 bridgehead atoms. The first kappa shape index (κ1) is 36.2. The van der Waals surface area contributed by atoms with Crippen molar-refractivity contribution in [2.45, 2.75) is 66.9 Å². The van der Waals surface area contributed by atoms with Crippen LogP contribution in [0.1, 0.15) is 45.1 Å². The molecule has 0 aromatic heterocycles. The fourth-order valence-corrected chi connectivity index (χ4v) is 11.5. The standard InChI is InChI=1S/C38H49BrN4O4S/c1-5-21-41(26-27-15-11-9-12-16-27)35(45)31-32-36(46)43(23-13-10-14-24-44)34(38(32)25-30(39)33(31)48-38)37(47)42(22-6-2)29-19-17-28(18-20-29)40(7-3)8-4/h5-6,9,11-12,15-20,30-34,44H,1-2,7-8,10,13-14,21-26H2,3-4H3/t30?,31-,32+,33-,34?,38?/m1/s1. The Bertz CT molecular complexity index is 1450. The third kappa shape index (κ3) is 6.85. The molecule has 10 heteroatoms. The molecule has 0 aliphatic carbocycles. The number of aliphatic hydroxyl groups is 1. The largest absolute Gasteiger partial charge is 0.396 e. The van der Waals surface area contributed by atoms with Crippen LogP contribution in [-0.2, 0) is 20.9 Å². The number of hydrogen-bond acceptors (Lipinski definition) is 6. The van der Waals surface area contributed by atoms with Crippen molar-refractivity contribution in [3.63, 3.8) is 0 Å². The highest BCUT2D eigenvalue weighted by atomic mass is 79.9. The van der Waals surface area contributed by atoms with Crippen molar-refractivity contribution in [1.82, 2.24) is 9.80 Å². The van der Waals surface area contributed by atoms with Gasteiger partial charge < -0.3 is 24.7 Å². The van der Waals surface area contributed by atoms with Gasteiger partial charge in [0.2, 0.25) is 11.8 Å². The van der Waals surface area contributed by atoms with E-state index >= 15 is 0 Å². The number of anilines is 2. The lowest BCUT2D eigenvalue weighted by molar-refractivity contribution is -0.144. The van der Waals surface area contributed by atoms with E-state index in [1.165, 1.54) is 0 Å². The molecule has 48 heavy (non-hydrogen) atoms. The minimum absolute atomic E-state index is 0.0198. The Kier molecular flexibility index (Phi) is 12.1. The number of halogens is 1. The number of hydrogen-bond donors (Lipinski definition) is 1. The highest BCUT2D eigenvalue weighted by Gasteiger charge is 2.76. The first-order valence-electron chi connectivity index (χ1n) is 17.2. The summed E-state index contributed by atoms with van der Waals surface area (Å²) in [7, 11) is 0. The molecule has 3 fully saturated rings. The maximum Gasteiger partial charge on any atom is 0.251 e. The maximum atomic E-state index is 15.0. The van der Waals surface area contributed by atoms with Gasteiger partial charge in [0.25, 0.3) is 5.91 Å². The number of nitrogens with zero attached hydrogens (tertiary/aromatic N) is 4. The third-order valence-electron chi connectivity index (χ3n) is 10.1. The number of rotatable bonds is 17. The van der Waals surface area contributed by atoms with Crippen molar-refractivity contribution in [3.8, 4) is 0 Å². The third-order valence-corrected chi connectivity index (χ3v) is 13.3. The van der Waals surface area contributed by atoms with Gasteiger partial charge in [-0.15, -0.1) is 24.9 Å². The number of likely N-dealkylation sites (tertiary alicyclic amines) is 1. The van der Waals surface area contributed by atoms with Gasteiger partial charge in [0.1, 0.15) is 6.04 Å². The Hall–Kier alpha value is -3.08. The van der Waals surface area contributed by atoms with Crippen LogP contribution < -0.4 is 9.80 Å². The summed E-state index contributed by atoms with van der Waals surface area (Å²) in [6, 6.07) is 17.2. The summed E-state index contributed by atoms with van der Waals surface area (Å²) in [6.45, 7) is 15.5. The highest BCUT2D eigenvalue weighted by Crippen LogP contribution is 2.68. The Morgan fingerprint density at radius 2 is 1.65 bits per heavy atom. The maximum absolute atomic E-state index is 15.0. The fourth-order valence-electron chi connectivity index (χ4n) is 7.94. The highest BCUT2D eigenvalue weighted by molar-refractivity contribution is 9.09. The van der Waals surface area contributed by atoms with Crippen molar-refractivity contribution in [2.75, 3.05) is 49.1 Å². The van der Waals surface area contributed by atoms with Crippen LogP contribution in [0.4, 0.5) is 11.4 Å². The van der Waals surface area contributed by atoms with Gasteiger partial charge in [0, 0.05) is 67.3 Å². The molecule has 3 saturated heterocycles. The Balaban J connectivity index is 1.52. The number of carbonyl (C=O) groups excluding carboxylic acids is 3. The molecule has 1 spiro atoms. The lowest BCUT2D eigenvalue weighted by Gasteiger charge is -2.38. The molecule has 258 valence electrons. The predicted molar refractivity (Wildman–Crippen MR) is 199 cm³/mol. The molecule has 3 unspecified atom stereocenters. The zero-order valence-corrected chi connectivity index (χ0v) is 30.6. The number of alkyl halides is 1. The monoisotopic (exact) mass is 736 g/mol. The predicted octanol–water partition coefficient (Wildman–Crippen LogP) is 5.89. The van der Waals surface area contributed by atoms with Crippen molar-refractivity contribution < 1.29 is 19.5 Å². The van der Waals surface area contributed by atoms with Crippen molar-refractivity contribution >= 4 is 56.8 Å². The molecule has 2 aromatic rings. The molecular weight excluding hydrogens is 688 g/mol. The second-order valence-electron chi connectivity index (χ2n) is 12.9. The van der Waals surface area contributed by atoms with Gasteiger partial charge in [-0.2, -0.15) is 0 Å². The molecule has 3 heterocycles. The van der Waals surface area contributed by atoms with Crippen LogP contribution in [0.2, 0.25) is 0 Å². The normalized spacial score (nSPS) is 25.5. The zero-order valence-electron chi connectivity index (χ0n) is 28.2. The summed E-state index contributed by atoms with van der Waals surface area (Å²) in [5.74, 6) is -1.50. The molecule has 2 aromatic carbocycles. The number of aliphatic hydroxyl groups excluding tert-OH is 1. The van der Waals surface area contributed by atoms with Gasteiger partial charge in [-0.05, 0) is 69.4 Å². The van der Waals surface area contributed by atoms with E-state index in [4.69, 9.17) is 0 Å². The lowest BCUT2D eigenvalue weighted by Crippen LogP contribution is -2.56. The smallest absolute Gasteiger partial charge is 0.251 e. The minimum Gasteiger partial charge on any atom is -0.396 e. The molecule has 0 saturated carbocycles. The first-order chi connectivity index (χ1) is 23.3. The van der Waals surface area contributed by atoms with Gasteiger partial charge in [-0.25, -0.2) is 0 Å². The summed E-state index contributed by atoms with van der Waals surface area (Å²) in [5.41, 5.74) is 2.85. The quantitative estimate of drug-likeness (QED) is 0.124. The summed E-state index contributed by atoms with van der Waals surface area (Å²) in [6.07, 6.45) is 6.12. The molecule has 8 nitrogen and oxygen atoms in total. The van der Waals surface area contributed by atoms with E-state index in [-0.39, 0.29) is 34.4 Å². The SMILES string of the molecule is C=CCN(Cc1ccccc1)C(=O)[C@H]1[C@@H]2SC3(CC2Br)C(C(=O)N(CC=C)c2ccc(N(CC)CC)cc2)N(CCCCCO)C(=O)[C@H]13. The Morgan fingerprint density at radius 1 is 0.979 bits per heavy atom. The molecule has 1 N–H and O–H groups in total. The van der Waals surface area contributed by atoms with Gasteiger partial charge in [-0.3, -0.25) is 14.4 Å². The molecule has 3 amide bonds. The summed E-state index contributed by atoms with van der Waals surface area (Å²) < 4.78 is -0.752. The average Bonchev–Trinajstić information content (AvgIpc) is 3.69. The van der Waals surface area contributed by atoms with E-state index in [1.807, 2.05) is 54.6 Å². The van der Waals surface area contributed by atoms with Gasteiger partial charge >= 0.3 is 0 Å². The molecule has 3 aliphatic heterocycles. The van der Waals surface area contributed by atoms with E-state index in [9.17, 15) is 19.5 Å². The van der Waals surface area contributed by atoms with E-state index < -0.39 is 22.6 Å². The second kappa shape index (κ2) is 16.1. The van der Waals surface area contributed by atoms with Crippen LogP contribution in [-0.4, -0.2) is 92.8 Å². The number of fused-ring (bicyclic) bond motifs is 1. The summed E-state index contributed by atoms with van der Waals surface area (Å²) in [4.78, 5) is 51.8. The molecule has 5 rings (SSSR count). The number of unbranched alkanes of at least 4 members (excludes halogenated alkanes) is 2. The topological polar surface area (TPSA) is 84.4 Å². The number of amides is 3. The van der Waals surface area contributed by atoms with Crippen LogP contribution in [0.25, 0.3) is 0 Å². The van der Waals surface area contributed by atoms with Crippen molar-refractivity contribution in [2.24, 2.45) is 11.8 Å². The molecule has 0 radical (unpaired) electrons. The Morgan fingerprint density at radius 3 is 2.27 bits per heavy atom. The van der Waals surface area contributed by atoms with E-state index in [0.29, 0.717) is 45.4 Å². The molecule has 3 aliphatic rings. The number of thioether (sulfide) groups is 1. The van der Waals surface area contributed by atoms with Gasteiger partial charge in [-0.1, -0.05) is 58.4 Å². The molecule has 6 atom stereocenters. The average molecular weight is 738 g/mol. The van der Waals surface area contributed by atoms with Crippen molar-refractivity contribution in [3.05, 3.63) is 85.5 Å². The van der Waals surface area contributed by atoms with E-state index in [0.717, 1.165) is 36.4 Å². The number of benzene rings is 2. The zero-order chi connectivity index (χ0) is 34.4. The summed E-state index contributed by atoms with van der Waals surface area (Å²) >= 11 is 5.58. The molecular formula is C38H49BrN4O4S. The van der Waals surface area contributed by atoms with Crippen LogP contribution in [0.15, 0.2) is 79.9 Å². The van der Waals surface area contributed by atoms with Crippen LogP contribution in [0.3, 0.4) is 0 Å². The summed E-state index contributed by atoms with van der Waals surface area (Å²) in [5, 5.41) is 9.29. The fraction of sp³-hybridized carbons (Fsp3) is 0.500. The van der Waals surface area contributed by atoms with E-state index in [2.05, 4.69) is 47.8 Å². The lowest BCUT2D eigenvalue weighted by atomic mass is 9.70. The number of carbonyl (C=O) groups is 3. The van der Waals surface area contributed by atoms with Gasteiger partial charge in [0.15, 0.2) is 0 Å².